The number of fused-ring (bicyclic) bond motifs is 1. The summed E-state index contributed by atoms with van der Waals surface area (Å²) in [5.41, 5.74) is 0.368. The number of carbonyl (C=O) groups is 1. The molecule has 0 atom stereocenters. The molecular formula is C18H17N3O3. The zero-order chi connectivity index (χ0) is 17.3. The van der Waals surface area contributed by atoms with Gasteiger partial charge in [-0.25, -0.2) is 9.97 Å². The maximum Gasteiger partial charge on any atom is 0.291 e. The highest BCUT2D eigenvalue weighted by atomic mass is 16.3. The minimum atomic E-state index is -0.523. The number of hydrogen-bond donors (Lipinski definition) is 1. The first-order valence-electron chi connectivity index (χ1n) is 7.51. The summed E-state index contributed by atoms with van der Waals surface area (Å²) in [5, 5.41) is 3.07. The van der Waals surface area contributed by atoms with Crippen molar-refractivity contribution >= 4 is 22.6 Å². The molecule has 0 bridgehead atoms. The first-order valence-corrected chi connectivity index (χ1v) is 7.51. The van der Waals surface area contributed by atoms with Gasteiger partial charge < -0.3 is 9.73 Å². The molecule has 0 aliphatic heterocycles. The number of benzene rings is 1. The van der Waals surface area contributed by atoms with E-state index in [0.717, 1.165) is 0 Å². The van der Waals surface area contributed by atoms with Crippen LogP contribution < -0.4 is 10.7 Å². The zero-order valence-electron chi connectivity index (χ0n) is 13.7. The fraction of sp³-hybridized carbons (Fsp3) is 0.222. The highest BCUT2D eigenvalue weighted by Crippen LogP contribution is 2.18. The van der Waals surface area contributed by atoms with Crippen LogP contribution in [0.1, 0.15) is 37.2 Å². The van der Waals surface area contributed by atoms with Crippen LogP contribution in [0.3, 0.4) is 0 Å². The Balaban J connectivity index is 1.86. The molecular weight excluding hydrogens is 306 g/mol. The standard InChI is InChI=1S/C18H17N3O3/c1-18(2,3)17-19-9-11(10-20-17)21-16(23)15-8-13(22)12-6-4-5-7-14(12)24-15/h4-10H,1-3H3,(H,21,23). The van der Waals surface area contributed by atoms with Gasteiger partial charge in [-0.3, -0.25) is 9.59 Å². The highest BCUT2D eigenvalue weighted by molar-refractivity contribution is 6.02. The molecule has 6 heteroatoms. The number of para-hydroxylation sites is 1. The third-order valence-electron chi connectivity index (χ3n) is 3.44. The quantitative estimate of drug-likeness (QED) is 0.783. The Kier molecular flexibility index (Phi) is 3.89. The number of anilines is 1. The van der Waals surface area contributed by atoms with Crippen molar-refractivity contribution in [1.29, 1.82) is 0 Å². The molecule has 2 heterocycles. The third-order valence-corrected chi connectivity index (χ3v) is 3.44. The molecule has 1 aromatic carbocycles. The Bertz CT molecular complexity index is 954. The van der Waals surface area contributed by atoms with Gasteiger partial charge in [-0.1, -0.05) is 32.9 Å². The largest absolute Gasteiger partial charge is 0.451 e. The Morgan fingerprint density at radius 1 is 1.12 bits per heavy atom. The number of nitrogens with zero attached hydrogens (tertiary/aromatic N) is 2. The molecule has 0 spiro atoms. The fourth-order valence-corrected chi connectivity index (χ4v) is 2.19. The third kappa shape index (κ3) is 3.17. The molecule has 0 unspecified atom stereocenters. The van der Waals surface area contributed by atoms with E-state index < -0.39 is 5.91 Å². The van der Waals surface area contributed by atoms with E-state index >= 15 is 0 Å². The topological polar surface area (TPSA) is 85.1 Å². The summed E-state index contributed by atoms with van der Waals surface area (Å²) in [7, 11) is 0. The lowest BCUT2D eigenvalue weighted by atomic mass is 9.96. The molecule has 1 amide bonds. The minimum absolute atomic E-state index is 0.0569. The van der Waals surface area contributed by atoms with E-state index in [1.807, 2.05) is 20.8 Å². The van der Waals surface area contributed by atoms with Crippen molar-refractivity contribution in [3.05, 3.63) is 64.5 Å². The molecule has 122 valence electrons. The Labute approximate surface area is 138 Å². The molecule has 3 aromatic rings. The van der Waals surface area contributed by atoms with Crippen LogP contribution in [-0.4, -0.2) is 15.9 Å². The van der Waals surface area contributed by atoms with Gasteiger partial charge in [0.05, 0.1) is 23.5 Å². The number of amides is 1. The Hall–Kier alpha value is -3.02. The lowest BCUT2D eigenvalue weighted by Gasteiger charge is -2.16. The molecule has 2 aromatic heterocycles. The molecule has 0 fully saturated rings. The average Bonchev–Trinajstić information content (AvgIpc) is 2.54. The monoisotopic (exact) mass is 323 g/mol. The minimum Gasteiger partial charge on any atom is -0.451 e. The molecule has 0 saturated carbocycles. The SMILES string of the molecule is CC(C)(C)c1ncc(NC(=O)c2cc(=O)c3ccccc3o2)cn1. The first kappa shape index (κ1) is 15.9. The summed E-state index contributed by atoms with van der Waals surface area (Å²) in [6.07, 6.45) is 3.06. The van der Waals surface area contributed by atoms with Crippen LogP contribution in [0.2, 0.25) is 0 Å². The molecule has 0 aliphatic rings. The smallest absolute Gasteiger partial charge is 0.291 e. The lowest BCUT2D eigenvalue weighted by molar-refractivity contribution is 0.0997. The van der Waals surface area contributed by atoms with E-state index in [-0.39, 0.29) is 16.6 Å². The van der Waals surface area contributed by atoms with E-state index in [1.165, 1.54) is 18.5 Å². The average molecular weight is 323 g/mol. The van der Waals surface area contributed by atoms with Crippen molar-refractivity contribution in [2.45, 2.75) is 26.2 Å². The Morgan fingerprint density at radius 3 is 2.46 bits per heavy atom. The molecule has 24 heavy (non-hydrogen) atoms. The number of aromatic nitrogens is 2. The van der Waals surface area contributed by atoms with Gasteiger partial charge in [0.25, 0.3) is 5.91 Å². The Morgan fingerprint density at radius 2 is 1.79 bits per heavy atom. The van der Waals surface area contributed by atoms with E-state index in [2.05, 4.69) is 15.3 Å². The van der Waals surface area contributed by atoms with Crippen molar-refractivity contribution in [2.75, 3.05) is 5.32 Å². The number of rotatable bonds is 2. The van der Waals surface area contributed by atoms with Crippen LogP contribution in [0.5, 0.6) is 0 Å². The number of hydrogen-bond acceptors (Lipinski definition) is 5. The maximum atomic E-state index is 12.3. The summed E-state index contributed by atoms with van der Waals surface area (Å²) in [6, 6.07) is 7.97. The summed E-state index contributed by atoms with van der Waals surface area (Å²) in [5.74, 6) is 0.0984. The van der Waals surface area contributed by atoms with Crippen molar-refractivity contribution in [1.82, 2.24) is 9.97 Å². The second-order valence-electron chi connectivity index (χ2n) is 6.47. The van der Waals surface area contributed by atoms with Crippen LogP contribution in [-0.2, 0) is 5.41 Å². The van der Waals surface area contributed by atoms with Crippen LogP contribution in [0.15, 0.2) is 51.9 Å². The van der Waals surface area contributed by atoms with Crippen LogP contribution >= 0.6 is 0 Å². The van der Waals surface area contributed by atoms with Gasteiger partial charge in [-0.2, -0.15) is 0 Å². The van der Waals surface area contributed by atoms with Crippen molar-refractivity contribution in [3.63, 3.8) is 0 Å². The van der Waals surface area contributed by atoms with Crippen LogP contribution in [0.25, 0.3) is 11.0 Å². The van der Waals surface area contributed by atoms with E-state index in [4.69, 9.17) is 4.42 Å². The molecule has 3 rings (SSSR count). The lowest BCUT2D eigenvalue weighted by Crippen LogP contribution is -2.18. The first-order chi connectivity index (χ1) is 11.3. The van der Waals surface area contributed by atoms with Crippen molar-refractivity contribution in [3.8, 4) is 0 Å². The van der Waals surface area contributed by atoms with Gasteiger partial charge in [0.2, 0.25) is 0 Å². The normalized spacial score (nSPS) is 11.5. The maximum absolute atomic E-state index is 12.3. The van der Waals surface area contributed by atoms with Crippen LogP contribution in [0.4, 0.5) is 5.69 Å². The summed E-state index contributed by atoms with van der Waals surface area (Å²) in [4.78, 5) is 32.8. The van der Waals surface area contributed by atoms with Gasteiger partial charge in [0, 0.05) is 11.5 Å². The van der Waals surface area contributed by atoms with Gasteiger partial charge >= 0.3 is 0 Å². The summed E-state index contributed by atoms with van der Waals surface area (Å²) < 4.78 is 5.50. The summed E-state index contributed by atoms with van der Waals surface area (Å²) in [6.45, 7) is 6.01. The predicted octanol–water partition coefficient (Wildman–Crippen LogP) is 3.13. The van der Waals surface area contributed by atoms with Crippen LogP contribution in [0, 0.1) is 0 Å². The predicted molar refractivity (Wildman–Crippen MR) is 91.2 cm³/mol. The van der Waals surface area contributed by atoms with Gasteiger partial charge in [-0.05, 0) is 12.1 Å². The second-order valence-corrected chi connectivity index (χ2v) is 6.47. The number of nitrogens with one attached hydrogen (secondary N) is 1. The van der Waals surface area contributed by atoms with E-state index in [9.17, 15) is 9.59 Å². The molecule has 0 radical (unpaired) electrons. The summed E-state index contributed by atoms with van der Waals surface area (Å²) >= 11 is 0. The van der Waals surface area contributed by atoms with Crippen molar-refractivity contribution in [2.24, 2.45) is 0 Å². The fourth-order valence-electron chi connectivity index (χ4n) is 2.19. The van der Waals surface area contributed by atoms with E-state index in [1.54, 1.807) is 24.3 Å². The van der Waals surface area contributed by atoms with E-state index in [0.29, 0.717) is 22.5 Å². The number of carbonyl (C=O) groups excluding carboxylic acids is 1. The zero-order valence-corrected chi connectivity index (χ0v) is 13.7. The van der Waals surface area contributed by atoms with Gasteiger partial charge in [0.1, 0.15) is 11.4 Å². The van der Waals surface area contributed by atoms with Gasteiger partial charge in [0.15, 0.2) is 11.2 Å². The second kappa shape index (κ2) is 5.88. The molecule has 0 aliphatic carbocycles. The molecule has 1 N–H and O–H groups in total. The van der Waals surface area contributed by atoms with Gasteiger partial charge in [-0.15, -0.1) is 0 Å². The molecule has 6 nitrogen and oxygen atoms in total. The molecule has 0 saturated heterocycles. The highest BCUT2D eigenvalue weighted by Gasteiger charge is 2.17. The van der Waals surface area contributed by atoms with Crippen molar-refractivity contribution < 1.29 is 9.21 Å².